The summed E-state index contributed by atoms with van der Waals surface area (Å²) in [5.74, 6) is 0.536. The largest absolute Gasteiger partial charge is 0.497 e. The zero-order chi connectivity index (χ0) is 24.4. The number of aromatic nitrogens is 1. The van der Waals surface area contributed by atoms with Gasteiger partial charge in [-0.1, -0.05) is 41.9 Å². The van der Waals surface area contributed by atoms with Crippen LogP contribution in [0.4, 0.5) is 5.69 Å². The van der Waals surface area contributed by atoms with Crippen molar-refractivity contribution >= 4 is 34.0 Å². The second kappa shape index (κ2) is 10.1. The van der Waals surface area contributed by atoms with E-state index in [-0.39, 0.29) is 5.78 Å². The molecule has 4 aromatic rings. The molecule has 2 N–H and O–H groups in total. The molecule has 1 aliphatic rings. The lowest BCUT2D eigenvalue weighted by molar-refractivity contribution is 0.0366. The van der Waals surface area contributed by atoms with Gasteiger partial charge in [-0.05, 0) is 48.0 Å². The van der Waals surface area contributed by atoms with Gasteiger partial charge in [0.25, 0.3) is 0 Å². The van der Waals surface area contributed by atoms with Crippen LogP contribution in [0.5, 0.6) is 5.75 Å². The second-order valence-electron chi connectivity index (χ2n) is 8.77. The van der Waals surface area contributed by atoms with Gasteiger partial charge in [0.2, 0.25) is 0 Å². The summed E-state index contributed by atoms with van der Waals surface area (Å²) >= 11 is 6.14. The topological polar surface area (TPSA) is 68.8 Å². The average molecular weight is 490 g/mol. The molecule has 2 atom stereocenters. The van der Waals surface area contributed by atoms with Crippen molar-refractivity contribution in [3.8, 4) is 5.75 Å². The zero-order valence-corrected chi connectivity index (χ0v) is 20.3. The number of para-hydroxylation sites is 1. The maximum absolute atomic E-state index is 13.5. The molecule has 1 saturated heterocycles. The number of nitrogens with zero attached hydrogens (tertiary/aromatic N) is 2. The van der Waals surface area contributed by atoms with Gasteiger partial charge in [0, 0.05) is 59.6 Å². The Labute approximate surface area is 209 Å². The third-order valence-corrected chi connectivity index (χ3v) is 7.03. The molecule has 0 bridgehead atoms. The van der Waals surface area contributed by atoms with Crippen LogP contribution in [0, 0.1) is 0 Å². The van der Waals surface area contributed by atoms with Gasteiger partial charge >= 0.3 is 0 Å². The summed E-state index contributed by atoms with van der Waals surface area (Å²) in [5, 5.41) is 12.9. The Kier molecular flexibility index (Phi) is 6.77. The maximum Gasteiger partial charge on any atom is 0.195 e. The fraction of sp³-hybridized carbons (Fsp3) is 0.250. The van der Waals surface area contributed by atoms with Gasteiger partial charge < -0.3 is 19.7 Å². The predicted molar refractivity (Wildman–Crippen MR) is 140 cm³/mol. The Morgan fingerprint density at radius 2 is 1.66 bits per heavy atom. The summed E-state index contributed by atoms with van der Waals surface area (Å²) < 4.78 is 5.27. The molecule has 1 aromatic heterocycles. The monoisotopic (exact) mass is 489 g/mol. The van der Waals surface area contributed by atoms with E-state index in [2.05, 4.69) is 26.9 Å². The first-order chi connectivity index (χ1) is 17.0. The van der Waals surface area contributed by atoms with E-state index in [0.717, 1.165) is 41.0 Å². The Hall–Kier alpha value is -3.32. The summed E-state index contributed by atoms with van der Waals surface area (Å²) in [5.41, 5.74) is 3.38. The Morgan fingerprint density at radius 3 is 2.34 bits per heavy atom. The second-order valence-corrected chi connectivity index (χ2v) is 9.21. The number of hydrogen-bond acceptors (Lipinski definition) is 5. The molecular formula is C28H28ClN3O3. The summed E-state index contributed by atoms with van der Waals surface area (Å²) in [6, 6.07) is 22.6. The Morgan fingerprint density at radius 1 is 0.971 bits per heavy atom. The first-order valence-corrected chi connectivity index (χ1v) is 12.1. The van der Waals surface area contributed by atoms with Crippen molar-refractivity contribution in [2.75, 3.05) is 38.2 Å². The van der Waals surface area contributed by atoms with Crippen LogP contribution in [0.3, 0.4) is 0 Å². The van der Waals surface area contributed by atoms with E-state index >= 15 is 0 Å². The molecule has 3 aromatic carbocycles. The van der Waals surface area contributed by atoms with Crippen LogP contribution < -0.4 is 9.64 Å². The number of Topliss-reactive ketones (excluding diaryl/α,β-unsaturated/α-hetero) is 1. The highest BCUT2D eigenvalue weighted by Gasteiger charge is 2.35. The summed E-state index contributed by atoms with van der Waals surface area (Å²) in [4.78, 5) is 21.2. The molecule has 1 aliphatic heterocycles. The number of aliphatic hydroxyl groups is 1. The number of ether oxygens (including phenoxy) is 1. The van der Waals surface area contributed by atoms with E-state index in [1.165, 1.54) is 0 Å². The average Bonchev–Trinajstić information content (AvgIpc) is 3.34. The van der Waals surface area contributed by atoms with Crippen molar-refractivity contribution in [2.45, 2.75) is 12.1 Å². The summed E-state index contributed by atoms with van der Waals surface area (Å²) in [6.07, 6.45) is 0.472. The fourth-order valence-corrected chi connectivity index (χ4v) is 5.01. The minimum absolute atomic E-state index is 0.292. The van der Waals surface area contributed by atoms with Crippen LogP contribution in [0.1, 0.15) is 22.0 Å². The number of hydrogen-bond donors (Lipinski definition) is 2. The van der Waals surface area contributed by atoms with E-state index in [1.54, 1.807) is 25.4 Å². The molecule has 2 heterocycles. The smallest absolute Gasteiger partial charge is 0.195 e. The lowest BCUT2D eigenvalue weighted by Crippen LogP contribution is -2.51. The van der Waals surface area contributed by atoms with Crippen LogP contribution in [0.15, 0.2) is 79.0 Å². The molecule has 180 valence electrons. The first kappa shape index (κ1) is 23.4. The predicted octanol–water partition coefficient (Wildman–Crippen LogP) is 4.94. The number of piperazine rings is 1. The van der Waals surface area contributed by atoms with Gasteiger partial charge in [-0.3, -0.25) is 9.69 Å². The number of fused-ring (bicyclic) bond motifs is 1. The molecule has 1 fully saturated rings. The van der Waals surface area contributed by atoms with Gasteiger partial charge in [0.15, 0.2) is 5.78 Å². The van der Waals surface area contributed by atoms with Gasteiger partial charge in [0.1, 0.15) is 11.9 Å². The van der Waals surface area contributed by atoms with Gasteiger partial charge in [-0.2, -0.15) is 0 Å². The number of rotatable bonds is 7. The molecule has 0 spiro atoms. The van der Waals surface area contributed by atoms with E-state index in [9.17, 15) is 9.90 Å². The van der Waals surface area contributed by atoms with Crippen molar-refractivity contribution in [3.63, 3.8) is 0 Å². The fourth-order valence-electron chi connectivity index (χ4n) is 4.88. The van der Waals surface area contributed by atoms with Crippen LogP contribution >= 0.6 is 11.6 Å². The van der Waals surface area contributed by atoms with Crippen molar-refractivity contribution in [1.82, 2.24) is 9.88 Å². The maximum atomic E-state index is 13.5. The zero-order valence-electron chi connectivity index (χ0n) is 19.5. The Balaban J connectivity index is 1.39. The molecule has 6 nitrogen and oxygen atoms in total. The number of H-pyrrole nitrogens is 1. The number of anilines is 1. The van der Waals surface area contributed by atoms with Crippen molar-refractivity contribution in [2.24, 2.45) is 0 Å². The lowest BCUT2D eigenvalue weighted by atomic mass is 9.93. The number of carbonyl (C=O) groups excluding carboxylic acids is 1. The summed E-state index contributed by atoms with van der Waals surface area (Å²) in [7, 11) is 1.66. The van der Waals surface area contributed by atoms with E-state index < -0.39 is 12.1 Å². The molecular weight excluding hydrogens is 462 g/mol. The van der Waals surface area contributed by atoms with Gasteiger partial charge in [0.05, 0.1) is 13.2 Å². The number of nitrogens with one attached hydrogen (secondary N) is 1. The normalized spacial score (nSPS) is 16.3. The number of halogens is 1. The number of aromatic amines is 1. The number of carbonyl (C=O) groups is 1. The van der Waals surface area contributed by atoms with Crippen molar-refractivity contribution in [1.29, 1.82) is 0 Å². The molecule has 0 amide bonds. The van der Waals surface area contributed by atoms with E-state index in [0.29, 0.717) is 23.7 Å². The minimum atomic E-state index is -1.22. The number of ketones is 1. The van der Waals surface area contributed by atoms with Crippen LogP contribution in [0.25, 0.3) is 10.9 Å². The quantitative estimate of drug-likeness (QED) is 0.360. The molecule has 0 saturated carbocycles. The minimum Gasteiger partial charge on any atom is -0.497 e. The highest BCUT2D eigenvalue weighted by atomic mass is 35.5. The number of methoxy groups -OCH3 is 1. The van der Waals surface area contributed by atoms with Crippen LogP contribution in [-0.2, 0) is 0 Å². The summed E-state index contributed by atoms with van der Waals surface area (Å²) in [6.45, 7) is 2.98. The standard InChI is InChI=1S/C28H28ClN3O3/c1-35-22-12-10-21(11-13-22)31-14-16-32(17-15-31)26(19-6-8-20(29)9-7-19)28(34)27(33)24-18-30-25-5-3-2-4-23(24)25/h2-13,18,26,28,30,34H,14-17H2,1H3/t26-,28+/m0/s1. The SMILES string of the molecule is COc1ccc(N2CCN([C@@H](c3ccc(Cl)cc3)[C@@H](O)C(=O)c3c[nH]c4ccccc34)CC2)cc1. The molecule has 5 rings (SSSR count). The van der Waals surface area contributed by atoms with Crippen LogP contribution in [0.2, 0.25) is 5.02 Å². The molecule has 7 heteroatoms. The molecule has 0 unspecified atom stereocenters. The van der Waals surface area contributed by atoms with Crippen LogP contribution in [-0.4, -0.2) is 60.2 Å². The molecule has 0 aliphatic carbocycles. The highest BCUT2D eigenvalue weighted by molar-refractivity contribution is 6.30. The number of aliphatic hydroxyl groups excluding tert-OH is 1. The van der Waals surface area contributed by atoms with Crippen molar-refractivity contribution in [3.05, 3.63) is 95.1 Å². The Bertz CT molecular complexity index is 1300. The van der Waals surface area contributed by atoms with Gasteiger partial charge in [-0.15, -0.1) is 0 Å². The highest BCUT2D eigenvalue weighted by Crippen LogP contribution is 2.31. The first-order valence-electron chi connectivity index (χ1n) is 11.7. The molecule has 0 radical (unpaired) electrons. The van der Waals surface area contributed by atoms with Gasteiger partial charge in [-0.25, -0.2) is 0 Å². The lowest BCUT2D eigenvalue weighted by Gasteiger charge is -2.41. The third kappa shape index (κ3) is 4.78. The van der Waals surface area contributed by atoms with E-state index in [1.807, 2.05) is 48.5 Å². The third-order valence-electron chi connectivity index (χ3n) is 6.78. The van der Waals surface area contributed by atoms with E-state index in [4.69, 9.17) is 16.3 Å². The molecule has 35 heavy (non-hydrogen) atoms. The number of benzene rings is 3. The van der Waals surface area contributed by atoms with Crippen molar-refractivity contribution < 1.29 is 14.6 Å².